The molecule has 1 heterocycles. The molecule has 2 N–H and O–H groups in total. The fourth-order valence-electron chi connectivity index (χ4n) is 2.76. The number of benzene rings is 1. The summed E-state index contributed by atoms with van der Waals surface area (Å²) in [6.45, 7) is 7.69. The van der Waals surface area contributed by atoms with E-state index in [0.29, 0.717) is 6.54 Å². The van der Waals surface area contributed by atoms with Gasteiger partial charge in [-0.05, 0) is 43.9 Å². The molecule has 2 nitrogen and oxygen atoms in total. The lowest BCUT2D eigenvalue weighted by atomic mass is 9.76. The smallest absolute Gasteiger partial charge is 0.123 e. The first-order valence-corrected chi connectivity index (χ1v) is 6.50. The van der Waals surface area contributed by atoms with Crippen LogP contribution in [0.2, 0.25) is 5.02 Å². The minimum Gasteiger partial charge on any atom is -0.493 e. The van der Waals surface area contributed by atoms with Crippen LogP contribution in [0.25, 0.3) is 0 Å². The van der Waals surface area contributed by atoms with E-state index in [-0.39, 0.29) is 5.41 Å². The third-order valence-electron chi connectivity index (χ3n) is 3.83. The van der Waals surface area contributed by atoms with Crippen molar-refractivity contribution in [1.82, 2.24) is 0 Å². The number of nitrogens with two attached hydrogens (primary N) is 1. The maximum atomic E-state index is 6.36. The van der Waals surface area contributed by atoms with Crippen LogP contribution in [-0.2, 0) is 5.41 Å². The third-order valence-corrected chi connectivity index (χ3v) is 4.41. The molecule has 1 aromatic rings. The summed E-state index contributed by atoms with van der Waals surface area (Å²) in [4.78, 5) is 0. The van der Waals surface area contributed by atoms with Crippen molar-refractivity contribution in [2.75, 3.05) is 13.2 Å². The molecular weight excluding hydrogens is 234 g/mol. The first-order chi connectivity index (χ1) is 7.99. The highest BCUT2D eigenvalue weighted by molar-refractivity contribution is 6.32. The highest BCUT2D eigenvalue weighted by Crippen LogP contribution is 2.43. The number of hydrogen-bond donors (Lipinski definition) is 1. The molecule has 0 saturated carbocycles. The van der Waals surface area contributed by atoms with Crippen LogP contribution in [0.15, 0.2) is 6.07 Å². The van der Waals surface area contributed by atoms with E-state index in [9.17, 15) is 0 Å². The lowest BCUT2D eigenvalue weighted by Gasteiger charge is -2.30. The third kappa shape index (κ3) is 2.04. The minimum absolute atomic E-state index is 0.0206. The number of aryl methyl sites for hydroxylation is 1. The van der Waals surface area contributed by atoms with Crippen LogP contribution in [0.1, 0.15) is 36.5 Å². The standard InChI is InChI=1S/C14H20ClNO/c1-9-7-11-12(10(2)13(9)15)14(3,8-16)5-4-6-17-11/h7H,4-6,8,16H2,1-3H3. The largest absolute Gasteiger partial charge is 0.493 e. The van der Waals surface area contributed by atoms with Gasteiger partial charge in [-0.1, -0.05) is 18.5 Å². The molecule has 1 atom stereocenters. The highest BCUT2D eigenvalue weighted by Gasteiger charge is 2.33. The molecule has 1 unspecified atom stereocenters. The van der Waals surface area contributed by atoms with E-state index in [1.54, 1.807) is 0 Å². The molecule has 1 aliphatic heterocycles. The Morgan fingerprint density at radius 2 is 2.18 bits per heavy atom. The van der Waals surface area contributed by atoms with Crippen molar-refractivity contribution in [1.29, 1.82) is 0 Å². The summed E-state index contributed by atoms with van der Waals surface area (Å²) in [5.41, 5.74) is 9.36. The topological polar surface area (TPSA) is 35.2 Å². The molecule has 0 amide bonds. The molecule has 0 radical (unpaired) electrons. The molecule has 94 valence electrons. The van der Waals surface area contributed by atoms with E-state index in [1.807, 2.05) is 13.0 Å². The van der Waals surface area contributed by atoms with Crippen LogP contribution in [-0.4, -0.2) is 13.2 Å². The second kappa shape index (κ2) is 4.51. The van der Waals surface area contributed by atoms with Gasteiger partial charge < -0.3 is 10.5 Å². The van der Waals surface area contributed by atoms with E-state index in [2.05, 4.69) is 13.8 Å². The molecular formula is C14H20ClNO. The van der Waals surface area contributed by atoms with E-state index < -0.39 is 0 Å². The molecule has 0 aromatic heterocycles. The zero-order chi connectivity index (χ0) is 12.6. The lowest BCUT2D eigenvalue weighted by molar-refractivity contribution is 0.313. The molecule has 1 aromatic carbocycles. The molecule has 0 aliphatic carbocycles. The van der Waals surface area contributed by atoms with Gasteiger partial charge in [-0.15, -0.1) is 0 Å². The maximum absolute atomic E-state index is 6.36. The number of rotatable bonds is 1. The lowest BCUT2D eigenvalue weighted by Crippen LogP contribution is -2.32. The molecule has 2 rings (SSSR count). The first-order valence-electron chi connectivity index (χ1n) is 6.12. The molecule has 0 bridgehead atoms. The van der Waals surface area contributed by atoms with Crippen molar-refractivity contribution in [3.8, 4) is 5.75 Å². The maximum Gasteiger partial charge on any atom is 0.123 e. The average molecular weight is 254 g/mol. The zero-order valence-electron chi connectivity index (χ0n) is 10.8. The van der Waals surface area contributed by atoms with Gasteiger partial charge in [0.1, 0.15) is 5.75 Å². The van der Waals surface area contributed by atoms with Gasteiger partial charge in [-0.2, -0.15) is 0 Å². The van der Waals surface area contributed by atoms with Crippen LogP contribution in [0.4, 0.5) is 0 Å². The fourth-order valence-corrected chi connectivity index (χ4v) is 2.91. The van der Waals surface area contributed by atoms with Gasteiger partial charge in [0.05, 0.1) is 6.61 Å². The number of hydrogen-bond acceptors (Lipinski definition) is 2. The summed E-state index contributed by atoms with van der Waals surface area (Å²) in [5, 5.41) is 0.842. The second-order valence-electron chi connectivity index (χ2n) is 5.22. The Morgan fingerprint density at radius 1 is 1.47 bits per heavy atom. The molecule has 0 spiro atoms. The molecule has 0 fully saturated rings. The SMILES string of the molecule is Cc1cc2c(c(C)c1Cl)C(C)(CN)CCCO2. The molecule has 17 heavy (non-hydrogen) atoms. The van der Waals surface area contributed by atoms with Crippen molar-refractivity contribution in [2.24, 2.45) is 5.73 Å². The first kappa shape index (κ1) is 12.7. The predicted molar refractivity (Wildman–Crippen MR) is 72.1 cm³/mol. The molecule has 0 saturated heterocycles. The zero-order valence-corrected chi connectivity index (χ0v) is 11.5. The summed E-state index contributed by atoms with van der Waals surface area (Å²) in [6, 6.07) is 2.05. The summed E-state index contributed by atoms with van der Waals surface area (Å²) < 4.78 is 5.85. The van der Waals surface area contributed by atoms with Crippen molar-refractivity contribution in [3.63, 3.8) is 0 Å². The van der Waals surface area contributed by atoms with Gasteiger partial charge in [-0.3, -0.25) is 0 Å². The van der Waals surface area contributed by atoms with Crippen LogP contribution >= 0.6 is 11.6 Å². The van der Waals surface area contributed by atoms with Crippen LogP contribution in [0.5, 0.6) is 5.75 Å². The Balaban J connectivity index is 2.69. The van der Waals surface area contributed by atoms with Gasteiger partial charge in [0, 0.05) is 22.5 Å². The summed E-state index contributed by atoms with van der Waals surface area (Å²) in [6.07, 6.45) is 2.09. The number of halogens is 1. The second-order valence-corrected chi connectivity index (χ2v) is 5.60. The Bertz CT molecular complexity index is 444. The Kier molecular flexibility index (Phi) is 3.37. The van der Waals surface area contributed by atoms with E-state index in [0.717, 1.165) is 41.3 Å². The van der Waals surface area contributed by atoms with Crippen molar-refractivity contribution in [3.05, 3.63) is 27.8 Å². The van der Waals surface area contributed by atoms with Crippen molar-refractivity contribution < 1.29 is 4.74 Å². The number of fused-ring (bicyclic) bond motifs is 1. The van der Waals surface area contributed by atoms with Gasteiger partial charge in [0.15, 0.2) is 0 Å². The van der Waals surface area contributed by atoms with Gasteiger partial charge in [0.2, 0.25) is 0 Å². The van der Waals surface area contributed by atoms with Crippen molar-refractivity contribution >= 4 is 11.6 Å². The summed E-state index contributed by atoms with van der Waals surface area (Å²) >= 11 is 6.36. The van der Waals surface area contributed by atoms with Gasteiger partial charge >= 0.3 is 0 Å². The number of ether oxygens (including phenoxy) is 1. The van der Waals surface area contributed by atoms with Crippen LogP contribution < -0.4 is 10.5 Å². The summed E-state index contributed by atoms with van der Waals surface area (Å²) in [5.74, 6) is 0.967. The quantitative estimate of drug-likeness (QED) is 0.833. The Morgan fingerprint density at radius 3 is 2.82 bits per heavy atom. The summed E-state index contributed by atoms with van der Waals surface area (Å²) in [7, 11) is 0. The van der Waals surface area contributed by atoms with Crippen LogP contribution in [0, 0.1) is 13.8 Å². The van der Waals surface area contributed by atoms with E-state index in [4.69, 9.17) is 22.1 Å². The van der Waals surface area contributed by atoms with Gasteiger partial charge in [0.25, 0.3) is 0 Å². The minimum atomic E-state index is -0.0206. The monoisotopic (exact) mass is 253 g/mol. The van der Waals surface area contributed by atoms with E-state index in [1.165, 1.54) is 5.56 Å². The molecule has 1 aliphatic rings. The normalized spacial score (nSPS) is 23.8. The fraction of sp³-hybridized carbons (Fsp3) is 0.571. The van der Waals surface area contributed by atoms with Gasteiger partial charge in [-0.25, -0.2) is 0 Å². The Labute approximate surface area is 108 Å². The average Bonchev–Trinajstić information content (AvgIpc) is 2.46. The van der Waals surface area contributed by atoms with Crippen LogP contribution in [0.3, 0.4) is 0 Å². The van der Waals surface area contributed by atoms with Crippen molar-refractivity contribution in [2.45, 2.75) is 39.0 Å². The highest BCUT2D eigenvalue weighted by atomic mass is 35.5. The predicted octanol–water partition coefficient (Wildman–Crippen LogP) is 3.35. The molecule has 3 heteroatoms. The van der Waals surface area contributed by atoms with E-state index >= 15 is 0 Å². The Hall–Kier alpha value is -0.730.